The molecule has 7 nitrogen and oxygen atoms in total. The van der Waals surface area contributed by atoms with Gasteiger partial charge in [0.05, 0.1) is 0 Å². The summed E-state index contributed by atoms with van der Waals surface area (Å²) in [7, 11) is 0. The molecular weight excluding hydrogens is 326 g/mol. The zero-order valence-corrected chi connectivity index (χ0v) is 14.4. The highest BCUT2D eigenvalue weighted by Gasteiger charge is 2.16. The second-order valence-corrected chi connectivity index (χ2v) is 5.77. The molecule has 3 N–H and O–H groups in total. The number of carbonyl (C=O) groups excluding carboxylic acids is 1. The molecule has 1 heterocycles. The molecule has 1 aromatic carbocycles. The summed E-state index contributed by atoms with van der Waals surface area (Å²) in [6, 6.07) is 3.22. The Hall–Kier alpha value is -2.38. The first-order valence-corrected chi connectivity index (χ1v) is 8.28. The minimum absolute atomic E-state index is 0.0886. The van der Waals surface area contributed by atoms with Crippen LogP contribution in [0.1, 0.15) is 36.5 Å². The predicted octanol–water partition coefficient (Wildman–Crippen LogP) is 1.38. The molecule has 0 saturated carbocycles. The van der Waals surface area contributed by atoms with E-state index in [1.807, 2.05) is 6.92 Å². The summed E-state index contributed by atoms with van der Waals surface area (Å²) in [5.41, 5.74) is 4.01. The predicted molar refractivity (Wildman–Crippen MR) is 92.5 cm³/mol. The highest BCUT2D eigenvalue weighted by atomic mass is 16.7. The standard InChI is InChI=1S/C18H23NO6/c1-3-4-16(22)19-25-13-9-12(5-7-20)17-11(2)14(6-8-21)18(23)24-15(17)10-13/h9-10,20-21H,3-8H2,1-2H3,(H,19,22). The third-order valence-electron chi connectivity index (χ3n) is 3.94. The number of fused-ring (bicyclic) bond motifs is 1. The summed E-state index contributed by atoms with van der Waals surface area (Å²) >= 11 is 0. The molecule has 0 saturated heterocycles. The first-order chi connectivity index (χ1) is 12.0. The third-order valence-corrected chi connectivity index (χ3v) is 3.94. The Bertz CT molecular complexity index is 811. The molecule has 25 heavy (non-hydrogen) atoms. The van der Waals surface area contributed by atoms with Crippen molar-refractivity contribution in [2.45, 2.75) is 39.5 Å². The zero-order chi connectivity index (χ0) is 18.4. The van der Waals surface area contributed by atoms with Gasteiger partial charge in [-0.25, -0.2) is 4.79 Å². The Morgan fingerprint density at radius 2 is 1.96 bits per heavy atom. The first-order valence-electron chi connectivity index (χ1n) is 8.28. The van der Waals surface area contributed by atoms with Gasteiger partial charge < -0.3 is 19.5 Å². The van der Waals surface area contributed by atoms with E-state index in [2.05, 4.69) is 5.48 Å². The van der Waals surface area contributed by atoms with E-state index in [1.165, 1.54) is 6.07 Å². The molecule has 0 spiro atoms. The van der Waals surface area contributed by atoms with Gasteiger partial charge in [-0.05, 0) is 37.0 Å². The molecule has 0 bridgehead atoms. The summed E-state index contributed by atoms with van der Waals surface area (Å²) < 4.78 is 5.37. The van der Waals surface area contributed by atoms with Crippen molar-refractivity contribution in [2.75, 3.05) is 13.2 Å². The zero-order valence-electron chi connectivity index (χ0n) is 14.4. The number of aliphatic hydroxyl groups excluding tert-OH is 2. The number of aryl methyl sites for hydroxylation is 1. The fourth-order valence-corrected chi connectivity index (χ4v) is 2.79. The molecule has 136 valence electrons. The fraction of sp³-hybridized carbons (Fsp3) is 0.444. The van der Waals surface area contributed by atoms with Crippen LogP contribution in [0.3, 0.4) is 0 Å². The van der Waals surface area contributed by atoms with Gasteiger partial charge in [0.25, 0.3) is 5.91 Å². The number of aliphatic hydroxyl groups is 2. The van der Waals surface area contributed by atoms with Crippen molar-refractivity contribution in [3.05, 3.63) is 39.2 Å². The van der Waals surface area contributed by atoms with Crippen molar-refractivity contribution in [1.82, 2.24) is 5.48 Å². The van der Waals surface area contributed by atoms with Crippen molar-refractivity contribution in [3.63, 3.8) is 0 Å². The molecule has 1 aromatic heterocycles. The second kappa shape index (κ2) is 8.64. The van der Waals surface area contributed by atoms with Crippen molar-refractivity contribution >= 4 is 16.9 Å². The molecule has 1 amide bonds. The highest BCUT2D eigenvalue weighted by molar-refractivity contribution is 5.86. The molecule has 0 fully saturated rings. The SMILES string of the molecule is CCCC(=O)NOc1cc(CCO)c2c(C)c(CCO)c(=O)oc2c1. The van der Waals surface area contributed by atoms with E-state index in [1.54, 1.807) is 13.0 Å². The van der Waals surface area contributed by atoms with Crippen LogP contribution in [-0.4, -0.2) is 29.3 Å². The van der Waals surface area contributed by atoms with E-state index in [0.29, 0.717) is 47.1 Å². The fourth-order valence-electron chi connectivity index (χ4n) is 2.79. The van der Waals surface area contributed by atoms with Crippen LogP contribution in [0.2, 0.25) is 0 Å². The average molecular weight is 349 g/mol. The molecular formula is C18H23NO6. The Kier molecular flexibility index (Phi) is 6.55. The Morgan fingerprint density at radius 1 is 1.24 bits per heavy atom. The van der Waals surface area contributed by atoms with Crippen LogP contribution in [0.15, 0.2) is 21.3 Å². The summed E-state index contributed by atoms with van der Waals surface area (Å²) in [4.78, 5) is 29.0. The minimum Gasteiger partial charge on any atom is -0.422 e. The van der Waals surface area contributed by atoms with E-state index in [4.69, 9.17) is 14.4 Å². The Labute approximate surface area is 145 Å². The van der Waals surface area contributed by atoms with Crippen LogP contribution in [0, 0.1) is 6.92 Å². The Morgan fingerprint density at radius 3 is 2.60 bits per heavy atom. The van der Waals surface area contributed by atoms with Crippen LogP contribution >= 0.6 is 0 Å². The third kappa shape index (κ3) is 4.37. The highest BCUT2D eigenvalue weighted by Crippen LogP contribution is 2.29. The number of rotatable bonds is 8. The van der Waals surface area contributed by atoms with Crippen LogP contribution in [0.25, 0.3) is 11.0 Å². The quantitative estimate of drug-likeness (QED) is 0.491. The lowest BCUT2D eigenvalue weighted by molar-refractivity contribution is -0.127. The number of carbonyl (C=O) groups is 1. The second-order valence-electron chi connectivity index (χ2n) is 5.77. The van der Waals surface area contributed by atoms with Crippen LogP contribution in [0.4, 0.5) is 0 Å². The van der Waals surface area contributed by atoms with E-state index in [-0.39, 0.29) is 25.5 Å². The van der Waals surface area contributed by atoms with Gasteiger partial charge in [0.1, 0.15) is 5.58 Å². The maximum atomic E-state index is 12.1. The van der Waals surface area contributed by atoms with Gasteiger partial charge >= 0.3 is 5.63 Å². The van der Waals surface area contributed by atoms with E-state index < -0.39 is 5.63 Å². The Balaban J connectivity index is 2.49. The van der Waals surface area contributed by atoms with Crippen molar-refractivity contribution in [2.24, 2.45) is 0 Å². The maximum Gasteiger partial charge on any atom is 0.339 e. The maximum absolute atomic E-state index is 12.1. The van der Waals surface area contributed by atoms with E-state index in [0.717, 1.165) is 5.56 Å². The molecule has 0 aliphatic heterocycles. The molecule has 0 aliphatic rings. The smallest absolute Gasteiger partial charge is 0.339 e. The van der Waals surface area contributed by atoms with Gasteiger partial charge in [0.15, 0.2) is 5.75 Å². The van der Waals surface area contributed by atoms with E-state index >= 15 is 0 Å². The number of hydroxylamine groups is 1. The number of nitrogens with one attached hydrogen (secondary N) is 1. The lowest BCUT2D eigenvalue weighted by atomic mass is 9.98. The lowest BCUT2D eigenvalue weighted by Crippen LogP contribution is -2.26. The largest absolute Gasteiger partial charge is 0.422 e. The van der Waals surface area contributed by atoms with Crippen molar-refractivity contribution < 1.29 is 24.3 Å². The first kappa shape index (κ1) is 19.0. The number of hydrogen-bond acceptors (Lipinski definition) is 6. The van der Waals surface area contributed by atoms with Gasteiger partial charge in [-0.1, -0.05) is 6.92 Å². The topological polar surface area (TPSA) is 109 Å². The summed E-state index contributed by atoms with van der Waals surface area (Å²) in [6.07, 6.45) is 1.58. The number of amides is 1. The normalized spacial score (nSPS) is 10.9. The molecule has 0 unspecified atom stereocenters. The van der Waals surface area contributed by atoms with Gasteiger partial charge in [-0.2, -0.15) is 5.48 Å². The van der Waals surface area contributed by atoms with Gasteiger partial charge in [0.2, 0.25) is 0 Å². The summed E-state index contributed by atoms with van der Waals surface area (Å²) in [5, 5.41) is 19.2. The van der Waals surface area contributed by atoms with Crippen LogP contribution < -0.4 is 15.9 Å². The molecule has 2 aromatic rings. The van der Waals surface area contributed by atoms with Gasteiger partial charge in [-0.15, -0.1) is 0 Å². The summed E-state index contributed by atoms with van der Waals surface area (Å²) in [5.74, 6) is 0.0695. The van der Waals surface area contributed by atoms with Gasteiger partial charge in [0, 0.05) is 43.1 Å². The van der Waals surface area contributed by atoms with Crippen LogP contribution in [0.5, 0.6) is 5.75 Å². The van der Waals surface area contributed by atoms with E-state index in [9.17, 15) is 14.7 Å². The summed E-state index contributed by atoms with van der Waals surface area (Å²) in [6.45, 7) is 3.43. The monoisotopic (exact) mass is 349 g/mol. The molecule has 7 heteroatoms. The van der Waals surface area contributed by atoms with Crippen LogP contribution in [-0.2, 0) is 17.6 Å². The van der Waals surface area contributed by atoms with Gasteiger partial charge in [-0.3, -0.25) is 4.79 Å². The molecule has 0 aliphatic carbocycles. The lowest BCUT2D eigenvalue weighted by Gasteiger charge is -2.13. The molecule has 0 radical (unpaired) electrons. The average Bonchev–Trinajstić information content (AvgIpc) is 2.57. The molecule has 0 atom stereocenters. The number of hydrogen-bond donors (Lipinski definition) is 3. The minimum atomic E-state index is -0.513. The van der Waals surface area contributed by atoms with Crippen molar-refractivity contribution in [3.8, 4) is 5.75 Å². The van der Waals surface area contributed by atoms with Crippen molar-refractivity contribution in [1.29, 1.82) is 0 Å². The number of benzene rings is 1. The molecule has 2 rings (SSSR count).